The molecule has 2 aromatic rings. The second-order valence-electron chi connectivity index (χ2n) is 5.88. The Morgan fingerprint density at radius 1 is 1.25 bits per heavy atom. The van der Waals surface area contributed by atoms with Crippen LogP contribution < -0.4 is 5.56 Å². The molecule has 0 atom stereocenters. The first-order valence-corrected chi connectivity index (χ1v) is 8.42. The molecule has 0 aliphatic carbocycles. The number of para-hydroxylation sites is 1. The third-order valence-corrected chi connectivity index (χ3v) is 4.44. The average molecular weight is 344 g/mol. The number of aryl methyl sites for hydroxylation is 1. The number of benzene rings is 1. The molecule has 1 aliphatic heterocycles. The van der Waals surface area contributed by atoms with Crippen molar-refractivity contribution in [2.24, 2.45) is 5.10 Å². The third-order valence-electron chi connectivity index (χ3n) is 4.16. The van der Waals surface area contributed by atoms with E-state index in [-0.39, 0.29) is 16.2 Å². The van der Waals surface area contributed by atoms with E-state index in [1.807, 2.05) is 36.2 Å². The van der Waals surface area contributed by atoms with Gasteiger partial charge in [0, 0.05) is 13.1 Å². The summed E-state index contributed by atoms with van der Waals surface area (Å²) in [6.45, 7) is 3.65. The van der Waals surface area contributed by atoms with Crippen LogP contribution in [0.25, 0.3) is 5.69 Å². The van der Waals surface area contributed by atoms with Crippen molar-refractivity contribution in [1.82, 2.24) is 14.6 Å². The predicted molar refractivity (Wildman–Crippen MR) is 96.6 cm³/mol. The number of nitrogens with one attached hydrogen (secondary N) is 1. The summed E-state index contributed by atoms with van der Waals surface area (Å²) in [5.74, 6) is -0.196. The molecular weight excluding hydrogens is 324 g/mol. The van der Waals surface area contributed by atoms with Crippen LogP contribution in [-0.2, 0) is 0 Å². The van der Waals surface area contributed by atoms with E-state index in [9.17, 15) is 9.90 Å². The van der Waals surface area contributed by atoms with Crippen molar-refractivity contribution in [3.8, 4) is 11.6 Å². The lowest BCUT2D eigenvalue weighted by Crippen LogP contribution is -2.25. The summed E-state index contributed by atoms with van der Waals surface area (Å²) in [5, 5.41) is 16.9. The van der Waals surface area contributed by atoms with Gasteiger partial charge in [-0.3, -0.25) is 19.4 Å². The van der Waals surface area contributed by atoms with Gasteiger partial charge in [-0.05, 0) is 50.0 Å². The van der Waals surface area contributed by atoms with E-state index in [1.54, 1.807) is 0 Å². The van der Waals surface area contributed by atoms with Gasteiger partial charge in [0.1, 0.15) is 5.56 Å². The molecule has 1 aromatic carbocycles. The van der Waals surface area contributed by atoms with Crippen LogP contribution >= 0.6 is 12.2 Å². The number of aromatic amines is 1. The van der Waals surface area contributed by atoms with E-state index < -0.39 is 5.56 Å². The summed E-state index contributed by atoms with van der Waals surface area (Å²) in [6.07, 6.45) is 4.81. The third kappa shape index (κ3) is 3.26. The van der Waals surface area contributed by atoms with Crippen LogP contribution in [0.4, 0.5) is 0 Å². The van der Waals surface area contributed by atoms with Crippen LogP contribution in [0.5, 0.6) is 5.88 Å². The van der Waals surface area contributed by atoms with Gasteiger partial charge >= 0.3 is 0 Å². The summed E-state index contributed by atoms with van der Waals surface area (Å²) >= 11 is 5.23. The number of piperidine rings is 1. The summed E-state index contributed by atoms with van der Waals surface area (Å²) < 4.78 is 1.62. The van der Waals surface area contributed by atoms with E-state index in [0.29, 0.717) is 0 Å². The van der Waals surface area contributed by atoms with Crippen molar-refractivity contribution in [3.63, 3.8) is 0 Å². The zero-order valence-corrected chi connectivity index (χ0v) is 14.3. The Morgan fingerprint density at radius 2 is 1.96 bits per heavy atom. The van der Waals surface area contributed by atoms with E-state index in [4.69, 9.17) is 12.2 Å². The first-order chi connectivity index (χ1) is 11.6. The Kier molecular flexibility index (Phi) is 4.80. The Balaban J connectivity index is 2.06. The van der Waals surface area contributed by atoms with Crippen molar-refractivity contribution in [2.75, 3.05) is 13.1 Å². The largest absolute Gasteiger partial charge is 0.494 e. The molecule has 0 unspecified atom stereocenters. The van der Waals surface area contributed by atoms with Crippen LogP contribution in [0.2, 0.25) is 0 Å². The highest BCUT2D eigenvalue weighted by atomic mass is 32.1. The van der Waals surface area contributed by atoms with Gasteiger partial charge in [0.2, 0.25) is 5.88 Å². The van der Waals surface area contributed by atoms with Crippen molar-refractivity contribution >= 4 is 18.4 Å². The minimum Gasteiger partial charge on any atom is -0.494 e. The molecule has 0 spiro atoms. The summed E-state index contributed by atoms with van der Waals surface area (Å²) in [6, 6.07) is 7.53. The van der Waals surface area contributed by atoms with Gasteiger partial charge < -0.3 is 5.11 Å². The maximum atomic E-state index is 12.2. The van der Waals surface area contributed by atoms with E-state index >= 15 is 0 Å². The predicted octanol–water partition coefficient (Wildman–Crippen LogP) is 2.73. The van der Waals surface area contributed by atoms with Gasteiger partial charge in [-0.1, -0.05) is 18.2 Å². The molecule has 1 fully saturated rings. The molecule has 126 valence electrons. The molecule has 2 heterocycles. The monoisotopic (exact) mass is 344 g/mol. The fraction of sp³-hybridized carbons (Fsp3) is 0.353. The lowest BCUT2D eigenvalue weighted by molar-refractivity contribution is 0.240. The average Bonchev–Trinajstić information content (AvgIpc) is 2.57. The Labute approximate surface area is 145 Å². The zero-order chi connectivity index (χ0) is 17.1. The quantitative estimate of drug-likeness (QED) is 0.663. The van der Waals surface area contributed by atoms with Crippen molar-refractivity contribution in [3.05, 3.63) is 50.5 Å². The fourth-order valence-corrected chi connectivity index (χ4v) is 3.10. The Morgan fingerprint density at radius 3 is 2.67 bits per heavy atom. The minimum atomic E-state index is -0.442. The summed E-state index contributed by atoms with van der Waals surface area (Å²) in [5.41, 5.74) is 1.33. The molecule has 24 heavy (non-hydrogen) atoms. The van der Waals surface area contributed by atoms with Crippen LogP contribution in [0.15, 0.2) is 34.2 Å². The van der Waals surface area contributed by atoms with Crippen LogP contribution in [0.3, 0.4) is 0 Å². The molecular formula is C17H20N4O2S. The van der Waals surface area contributed by atoms with Gasteiger partial charge in [-0.15, -0.1) is 0 Å². The topological polar surface area (TPSA) is 73.6 Å². The highest BCUT2D eigenvalue weighted by Gasteiger charge is 2.14. The molecule has 3 rings (SSSR count). The number of hydrogen-bond donors (Lipinski definition) is 2. The van der Waals surface area contributed by atoms with Crippen LogP contribution in [-0.4, -0.2) is 39.0 Å². The number of H-pyrrole nitrogens is 1. The molecule has 1 saturated heterocycles. The molecule has 0 bridgehead atoms. The minimum absolute atomic E-state index is 0.109. The smallest absolute Gasteiger partial charge is 0.264 e. The van der Waals surface area contributed by atoms with Crippen LogP contribution in [0.1, 0.15) is 30.4 Å². The van der Waals surface area contributed by atoms with E-state index in [0.717, 1.165) is 37.2 Å². The molecule has 2 N–H and O–H groups in total. The molecule has 0 saturated carbocycles. The molecule has 6 nitrogen and oxygen atoms in total. The Bertz CT molecular complexity index is 879. The second-order valence-corrected chi connectivity index (χ2v) is 6.26. The lowest BCUT2D eigenvalue weighted by atomic mass is 10.2. The zero-order valence-electron chi connectivity index (χ0n) is 13.5. The normalized spacial score (nSPS) is 15.1. The molecule has 1 aliphatic rings. The summed E-state index contributed by atoms with van der Waals surface area (Å²) in [4.78, 5) is 14.8. The maximum Gasteiger partial charge on any atom is 0.264 e. The number of aromatic hydroxyl groups is 1. The number of aromatic nitrogens is 2. The second kappa shape index (κ2) is 7.00. The SMILES string of the molecule is Cc1ccccc1-n1c(O)c(C=NN2CCCCC2)c(=O)[nH]c1=S. The van der Waals surface area contributed by atoms with Gasteiger partial charge in [0.25, 0.3) is 5.56 Å². The van der Waals surface area contributed by atoms with Crippen molar-refractivity contribution in [2.45, 2.75) is 26.2 Å². The van der Waals surface area contributed by atoms with Gasteiger partial charge in [0.05, 0.1) is 11.9 Å². The highest BCUT2D eigenvalue weighted by molar-refractivity contribution is 7.71. The van der Waals surface area contributed by atoms with E-state index in [2.05, 4.69) is 10.1 Å². The fourth-order valence-electron chi connectivity index (χ4n) is 2.82. The van der Waals surface area contributed by atoms with Crippen molar-refractivity contribution in [1.29, 1.82) is 0 Å². The highest BCUT2D eigenvalue weighted by Crippen LogP contribution is 2.21. The molecule has 7 heteroatoms. The maximum absolute atomic E-state index is 12.2. The first kappa shape index (κ1) is 16.4. The summed E-state index contributed by atoms with van der Waals surface area (Å²) in [7, 11) is 0. The standard InChI is InChI=1S/C17H20N4O2S/c1-12-7-3-4-8-14(12)21-16(23)13(15(22)19-17(21)24)11-18-20-9-5-2-6-10-20/h3-4,7-8,11,23H,2,5-6,9-10H2,1H3,(H,19,22,24). The molecule has 0 amide bonds. The van der Waals surface area contributed by atoms with Crippen molar-refractivity contribution < 1.29 is 5.11 Å². The van der Waals surface area contributed by atoms with Gasteiger partial charge in [0.15, 0.2) is 4.77 Å². The molecule has 0 radical (unpaired) electrons. The number of rotatable bonds is 3. The number of nitrogens with zero attached hydrogens (tertiary/aromatic N) is 3. The van der Waals surface area contributed by atoms with E-state index in [1.165, 1.54) is 17.2 Å². The number of hydrogen-bond acceptors (Lipinski definition) is 5. The lowest BCUT2D eigenvalue weighted by Gasteiger charge is -2.23. The Hall–Kier alpha value is -2.41. The van der Waals surface area contributed by atoms with Gasteiger partial charge in [-0.2, -0.15) is 5.10 Å². The first-order valence-electron chi connectivity index (χ1n) is 8.01. The van der Waals surface area contributed by atoms with Gasteiger partial charge in [-0.25, -0.2) is 0 Å². The number of hydrazone groups is 1. The molecule has 1 aromatic heterocycles. The van der Waals surface area contributed by atoms with Crippen LogP contribution in [0, 0.1) is 11.7 Å².